The number of hydrogen-bond acceptors (Lipinski definition) is 5. The van der Waals surface area contributed by atoms with Crippen LogP contribution in [0.1, 0.15) is 24.3 Å². The molecule has 0 saturated carbocycles. The highest BCUT2D eigenvalue weighted by atomic mass is 35.5. The standard InChI is InChI=1S/C10H10ClNO4/c1-3-15-10(14)9-8(16-6(2)13)4-7(11)5-12-9/h4-5H,3H2,1-2H3. The van der Waals surface area contributed by atoms with Gasteiger partial charge >= 0.3 is 11.9 Å². The topological polar surface area (TPSA) is 65.5 Å². The Morgan fingerprint density at radius 2 is 2.19 bits per heavy atom. The zero-order valence-corrected chi connectivity index (χ0v) is 9.58. The minimum atomic E-state index is -0.657. The van der Waals surface area contributed by atoms with E-state index >= 15 is 0 Å². The third-order valence-electron chi connectivity index (χ3n) is 1.54. The van der Waals surface area contributed by atoms with Gasteiger partial charge in [-0.2, -0.15) is 0 Å². The van der Waals surface area contributed by atoms with E-state index in [1.807, 2.05) is 0 Å². The second-order valence-electron chi connectivity index (χ2n) is 2.81. The van der Waals surface area contributed by atoms with Crippen molar-refractivity contribution >= 4 is 23.5 Å². The first kappa shape index (κ1) is 12.4. The van der Waals surface area contributed by atoms with Crippen LogP contribution in [0.4, 0.5) is 0 Å². The molecule has 0 fully saturated rings. The number of hydrogen-bond donors (Lipinski definition) is 0. The van der Waals surface area contributed by atoms with Crippen molar-refractivity contribution in [3.8, 4) is 5.75 Å². The Labute approximate surface area is 97.3 Å². The van der Waals surface area contributed by atoms with Gasteiger partial charge in [-0.3, -0.25) is 4.79 Å². The molecule has 0 aliphatic rings. The molecule has 0 radical (unpaired) electrons. The van der Waals surface area contributed by atoms with Gasteiger partial charge in [0.15, 0.2) is 11.4 Å². The minimum absolute atomic E-state index is 0.00144. The van der Waals surface area contributed by atoms with E-state index in [-0.39, 0.29) is 23.1 Å². The summed E-state index contributed by atoms with van der Waals surface area (Å²) in [5.41, 5.74) is -0.0681. The lowest BCUT2D eigenvalue weighted by molar-refractivity contribution is -0.131. The summed E-state index contributed by atoms with van der Waals surface area (Å²) in [5.74, 6) is -1.22. The third kappa shape index (κ3) is 3.20. The Kier molecular flexibility index (Phi) is 4.25. The van der Waals surface area contributed by atoms with Crippen LogP contribution in [0.15, 0.2) is 12.3 Å². The van der Waals surface area contributed by atoms with Crippen molar-refractivity contribution in [3.05, 3.63) is 23.0 Å². The fourth-order valence-electron chi connectivity index (χ4n) is 1.01. The van der Waals surface area contributed by atoms with Crippen molar-refractivity contribution in [1.29, 1.82) is 0 Å². The highest BCUT2D eigenvalue weighted by Crippen LogP contribution is 2.21. The molecule has 0 atom stereocenters. The fraction of sp³-hybridized carbons (Fsp3) is 0.300. The van der Waals surface area contributed by atoms with Crippen molar-refractivity contribution in [2.75, 3.05) is 6.61 Å². The first-order valence-electron chi connectivity index (χ1n) is 4.55. The van der Waals surface area contributed by atoms with E-state index in [4.69, 9.17) is 21.1 Å². The summed E-state index contributed by atoms with van der Waals surface area (Å²) in [4.78, 5) is 26.0. The first-order chi connectivity index (χ1) is 7.54. The van der Waals surface area contributed by atoms with Crippen LogP contribution in [0.2, 0.25) is 5.02 Å². The summed E-state index contributed by atoms with van der Waals surface area (Å²) in [6.45, 7) is 3.10. The van der Waals surface area contributed by atoms with Crippen LogP contribution in [0.5, 0.6) is 5.75 Å². The van der Waals surface area contributed by atoms with Crippen LogP contribution in [-0.2, 0) is 9.53 Å². The molecule has 0 spiro atoms. The van der Waals surface area contributed by atoms with E-state index in [2.05, 4.69) is 4.98 Å². The average Bonchev–Trinajstić information content (AvgIpc) is 2.16. The molecule has 0 aliphatic heterocycles. The number of carbonyl (C=O) groups is 2. The number of halogens is 1. The smallest absolute Gasteiger partial charge is 0.360 e. The number of aromatic nitrogens is 1. The average molecular weight is 244 g/mol. The van der Waals surface area contributed by atoms with Gasteiger partial charge < -0.3 is 9.47 Å². The fourth-order valence-corrected chi connectivity index (χ4v) is 1.15. The van der Waals surface area contributed by atoms with Gasteiger partial charge in [0.05, 0.1) is 11.6 Å². The minimum Gasteiger partial charge on any atom is -0.461 e. The largest absolute Gasteiger partial charge is 0.461 e. The van der Waals surface area contributed by atoms with Crippen molar-refractivity contribution in [2.24, 2.45) is 0 Å². The Hall–Kier alpha value is -1.62. The summed E-state index contributed by atoms with van der Waals surface area (Å²) in [6, 6.07) is 1.34. The van der Waals surface area contributed by atoms with Gasteiger partial charge in [-0.05, 0) is 6.92 Å². The number of rotatable bonds is 3. The highest BCUT2D eigenvalue weighted by molar-refractivity contribution is 6.30. The van der Waals surface area contributed by atoms with Gasteiger partial charge in [-0.1, -0.05) is 11.6 Å². The van der Waals surface area contributed by atoms with E-state index in [1.165, 1.54) is 19.2 Å². The molecular formula is C10H10ClNO4. The molecule has 86 valence electrons. The maximum absolute atomic E-state index is 11.4. The number of pyridine rings is 1. The molecule has 1 heterocycles. The monoisotopic (exact) mass is 243 g/mol. The predicted molar refractivity (Wildman–Crippen MR) is 56.5 cm³/mol. The summed E-state index contributed by atoms with van der Waals surface area (Å²) in [7, 11) is 0. The van der Waals surface area contributed by atoms with Gasteiger partial charge in [0.25, 0.3) is 0 Å². The van der Waals surface area contributed by atoms with Crippen molar-refractivity contribution < 1.29 is 19.1 Å². The molecular weight excluding hydrogens is 234 g/mol. The Balaban J connectivity index is 3.06. The Morgan fingerprint density at radius 3 is 2.75 bits per heavy atom. The first-order valence-corrected chi connectivity index (χ1v) is 4.93. The van der Waals surface area contributed by atoms with E-state index < -0.39 is 11.9 Å². The molecule has 0 amide bonds. The number of esters is 2. The third-order valence-corrected chi connectivity index (χ3v) is 1.75. The van der Waals surface area contributed by atoms with Gasteiger partial charge in [-0.25, -0.2) is 9.78 Å². The molecule has 1 aromatic rings. The van der Waals surface area contributed by atoms with Crippen LogP contribution in [0, 0.1) is 0 Å². The second kappa shape index (κ2) is 5.46. The van der Waals surface area contributed by atoms with Crippen LogP contribution in [0.3, 0.4) is 0 Å². The molecule has 1 rings (SSSR count). The zero-order valence-electron chi connectivity index (χ0n) is 8.82. The lowest BCUT2D eigenvalue weighted by atomic mass is 10.3. The van der Waals surface area contributed by atoms with E-state index in [1.54, 1.807) is 6.92 Å². The van der Waals surface area contributed by atoms with E-state index in [9.17, 15) is 9.59 Å². The van der Waals surface area contributed by atoms with Crippen molar-refractivity contribution in [1.82, 2.24) is 4.98 Å². The lowest BCUT2D eigenvalue weighted by Gasteiger charge is -2.07. The van der Waals surface area contributed by atoms with E-state index in [0.29, 0.717) is 0 Å². The lowest BCUT2D eigenvalue weighted by Crippen LogP contribution is -2.12. The molecule has 16 heavy (non-hydrogen) atoms. The van der Waals surface area contributed by atoms with Crippen LogP contribution in [0.25, 0.3) is 0 Å². The predicted octanol–water partition coefficient (Wildman–Crippen LogP) is 1.84. The maximum atomic E-state index is 11.4. The van der Waals surface area contributed by atoms with E-state index in [0.717, 1.165) is 0 Å². The van der Waals surface area contributed by atoms with Crippen LogP contribution < -0.4 is 4.74 Å². The highest BCUT2D eigenvalue weighted by Gasteiger charge is 2.17. The van der Waals surface area contributed by atoms with Crippen molar-refractivity contribution in [2.45, 2.75) is 13.8 Å². The SMILES string of the molecule is CCOC(=O)c1ncc(Cl)cc1OC(C)=O. The molecule has 0 N–H and O–H groups in total. The maximum Gasteiger partial charge on any atom is 0.360 e. The Bertz CT molecular complexity index is 419. The van der Waals surface area contributed by atoms with Gasteiger partial charge in [0.2, 0.25) is 0 Å². The quantitative estimate of drug-likeness (QED) is 0.758. The molecule has 0 aromatic carbocycles. The number of carbonyl (C=O) groups excluding carboxylic acids is 2. The van der Waals surface area contributed by atoms with Crippen molar-refractivity contribution in [3.63, 3.8) is 0 Å². The normalized spacial score (nSPS) is 9.69. The van der Waals surface area contributed by atoms with Crippen LogP contribution >= 0.6 is 11.6 Å². The van der Waals surface area contributed by atoms with Gasteiger partial charge in [0, 0.05) is 19.2 Å². The molecule has 0 saturated heterocycles. The molecule has 0 aliphatic carbocycles. The second-order valence-corrected chi connectivity index (χ2v) is 3.25. The summed E-state index contributed by atoms with van der Waals surface area (Å²) in [5, 5.41) is 0.268. The van der Waals surface area contributed by atoms with Gasteiger partial charge in [0.1, 0.15) is 0 Å². The summed E-state index contributed by atoms with van der Waals surface area (Å²) >= 11 is 5.68. The zero-order chi connectivity index (χ0) is 12.1. The number of ether oxygens (including phenoxy) is 2. The molecule has 0 bridgehead atoms. The van der Waals surface area contributed by atoms with Gasteiger partial charge in [-0.15, -0.1) is 0 Å². The summed E-state index contributed by atoms with van der Waals surface area (Å²) < 4.78 is 9.56. The summed E-state index contributed by atoms with van der Waals surface area (Å²) in [6.07, 6.45) is 1.28. The van der Waals surface area contributed by atoms with Crippen LogP contribution in [-0.4, -0.2) is 23.5 Å². The molecule has 5 nitrogen and oxygen atoms in total. The molecule has 0 unspecified atom stereocenters. The Morgan fingerprint density at radius 1 is 1.50 bits per heavy atom. The number of nitrogens with zero attached hydrogens (tertiary/aromatic N) is 1. The molecule has 6 heteroatoms. The molecule has 1 aromatic heterocycles.